The molecule has 35 heavy (non-hydrogen) atoms. The average Bonchev–Trinajstić information content (AvgIpc) is 3.08. The zero-order chi connectivity index (χ0) is 25.3. The third-order valence-corrected chi connectivity index (χ3v) is 6.97. The van der Waals surface area contributed by atoms with Gasteiger partial charge in [0.2, 0.25) is 5.95 Å². The summed E-state index contributed by atoms with van der Waals surface area (Å²) in [5.41, 5.74) is 5.41. The summed E-state index contributed by atoms with van der Waals surface area (Å²) in [6.45, 7) is 13.2. The van der Waals surface area contributed by atoms with E-state index in [1.165, 1.54) is 6.42 Å². The second kappa shape index (κ2) is 9.92. The fraction of sp³-hybridized carbons (Fsp3) is 0.517. The molecule has 0 aliphatic heterocycles. The van der Waals surface area contributed by atoms with E-state index in [0.29, 0.717) is 18.4 Å². The lowest BCUT2D eigenvalue weighted by atomic mass is 9.70. The SMILES string of the molecule is Cc1cc2c(cc1CCC(=O)O)nc(Nc1ccc(OC(C)C)cc1)n2C1CC(C)CC(C)(C)C1. The molecule has 0 bridgehead atoms. The van der Waals surface area contributed by atoms with Crippen LogP contribution in [0.25, 0.3) is 11.0 Å². The first-order chi connectivity index (χ1) is 16.5. The number of hydrogen-bond donors (Lipinski definition) is 2. The summed E-state index contributed by atoms with van der Waals surface area (Å²) in [7, 11) is 0. The first kappa shape index (κ1) is 25.1. The van der Waals surface area contributed by atoms with E-state index in [-0.39, 0.29) is 17.9 Å². The molecule has 2 aromatic carbocycles. The van der Waals surface area contributed by atoms with Crippen LogP contribution in [0.5, 0.6) is 5.75 Å². The molecule has 6 heteroatoms. The van der Waals surface area contributed by atoms with Gasteiger partial charge in [0.05, 0.1) is 17.1 Å². The normalized spacial score (nSPS) is 19.7. The van der Waals surface area contributed by atoms with Crippen molar-refractivity contribution in [2.45, 2.75) is 85.8 Å². The zero-order valence-corrected chi connectivity index (χ0v) is 21.9. The largest absolute Gasteiger partial charge is 0.491 e. The Kier molecular flexibility index (Phi) is 7.11. The minimum absolute atomic E-state index is 0.122. The number of carbonyl (C=O) groups is 1. The number of aryl methyl sites for hydroxylation is 2. The summed E-state index contributed by atoms with van der Waals surface area (Å²) in [5.74, 6) is 1.54. The highest BCUT2D eigenvalue weighted by Gasteiger charge is 2.34. The van der Waals surface area contributed by atoms with Crippen molar-refractivity contribution in [3.05, 3.63) is 47.5 Å². The summed E-state index contributed by atoms with van der Waals surface area (Å²) in [4.78, 5) is 16.2. The molecule has 6 nitrogen and oxygen atoms in total. The molecule has 0 saturated heterocycles. The number of nitrogens with one attached hydrogen (secondary N) is 1. The highest BCUT2D eigenvalue weighted by molar-refractivity contribution is 5.82. The van der Waals surface area contributed by atoms with Gasteiger partial charge in [0.25, 0.3) is 0 Å². The van der Waals surface area contributed by atoms with Crippen molar-refractivity contribution < 1.29 is 14.6 Å². The number of aromatic nitrogens is 2. The maximum absolute atomic E-state index is 11.2. The van der Waals surface area contributed by atoms with Gasteiger partial charge in [-0.15, -0.1) is 0 Å². The van der Waals surface area contributed by atoms with Crippen molar-refractivity contribution in [2.75, 3.05) is 5.32 Å². The molecule has 2 atom stereocenters. The van der Waals surface area contributed by atoms with Crippen LogP contribution in [0.3, 0.4) is 0 Å². The molecule has 1 aliphatic rings. The van der Waals surface area contributed by atoms with Gasteiger partial charge in [-0.2, -0.15) is 0 Å². The molecular weight excluding hydrogens is 438 g/mol. The van der Waals surface area contributed by atoms with Crippen molar-refractivity contribution in [1.82, 2.24) is 9.55 Å². The second-order valence-corrected chi connectivity index (χ2v) is 11.3. The highest BCUT2D eigenvalue weighted by Crippen LogP contribution is 2.46. The van der Waals surface area contributed by atoms with Gasteiger partial charge in [0, 0.05) is 18.2 Å². The summed E-state index contributed by atoms with van der Waals surface area (Å²) in [5, 5.41) is 12.7. The zero-order valence-electron chi connectivity index (χ0n) is 21.9. The maximum atomic E-state index is 11.2. The second-order valence-electron chi connectivity index (χ2n) is 11.3. The minimum atomic E-state index is -0.777. The Morgan fingerprint density at radius 2 is 1.94 bits per heavy atom. The molecule has 0 spiro atoms. The Hall–Kier alpha value is -3.02. The van der Waals surface area contributed by atoms with Gasteiger partial charge in [0.15, 0.2) is 0 Å². The maximum Gasteiger partial charge on any atom is 0.303 e. The first-order valence-electron chi connectivity index (χ1n) is 12.8. The number of hydrogen-bond acceptors (Lipinski definition) is 4. The van der Waals surface area contributed by atoms with Crippen molar-refractivity contribution in [3.63, 3.8) is 0 Å². The number of anilines is 2. The topological polar surface area (TPSA) is 76.4 Å². The van der Waals surface area contributed by atoms with Crippen LogP contribution >= 0.6 is 0 Å². The van der Waals surface area contributed by atoms with Crippen molar-refractivity contribution in [1.29, 1.82) is 0 Å². The van der Waals surface area contributed by atoms with Gasteiger partial charge < -0.3 is 19.7 Å². The van der Waals surface area contributed by atoms with E-state index >= 15 is 0 Å². The number of carboxylic acids is 1. The molecule has 0 radical (unpaired) electrons. The fourth-order valence-electron chi connectivity index (χ4n) is 5.77. The van der Waals surface area contributed by atoms with Gasteiger partial charge in [0.1, 0.15) is 5.75 Å². The molecule has 0 amide bonds. The van der Waals surface area contributed by atoms with Gasteiger partial charge in [-0.3, -0.25) is 4.79 Å². The third kappa shape index (κ3) is 5.98. The molecule has 1 heterocycles. The number of aliphatic carboxylic acids is 1. The van der Waals surface area contributed by atoms with Crippen LogP contribution in [0.2, 0.25) is 0 Å². The number of benzene rings is 2. The number of ether oxygens (including phenoxy) is 1. The highest BCUT2D eigenvalue weighted by atomic mass is 16.5. The lowest BCUT2D eigenvalue weighted by molar-refractivity contribution is -0.136. The number of fused-ring (bicyclic) bond motifs is 1. The molecule has 188 valence electrons. The van der Waals surface area contributed by atoms with Crippen molar-refractivity contribution in [3.8, 4) is 5.75 Å². The van der Waals surface area contributed by atoms with E-state index in [9.17, 15) is 4.79 Å². The Bertz CT molecular complexity index is 1190. The van der Waals surface area contributed by atoms with E-state index < -0.39 is 5.97 Å². The number of carboxylic acid groups (broad SMARTS) is 1. The Labute approximate surface area is 208 Å². The molecule has 2 unspecified atom stereocenters. The van der Waals surface area contributed by atoms with Gasteiger partial charge in [-0.05, 0) is 105 Å². The quantitative estimate of drug-likeness (QED) is 0.356. The van der Waals surface area contributed by atoms with Crippen LogP contribution < -0.4 is 10.1 Å². The van der Waals surface area contributed by atoms with Crippen LogP contribution in [-0.2, 0) is 11.2 Å². The Morgan fingerprint density at radius 3 is 2.57 bits per heavy atom. The summed E-state index contributed by atoms with van der Waals surface area (Å²) in [6, 6.07) is 12.6. The molecule has 2 N–H and O–H groups in total. The summed E-state index contributed by atoms with van der Waals surface area (Å²) in [6.07, 6.45) is 4.21. The molecular formula is C29H39N3O3. The van der Waals surface area contributed by atoms with E-state index in [1.54, 1.807) is 0 Å². The van der Waals surface area contributed by atoms with Gasteiger partial charge in [-0.25, -0.2) is 4.98 Å². The predicted molar refractivity (Wildman–Crippen MR) is 142 cm³/mol. The van der Waals surface area contributed by atoms with Crippen LogP contribution in [0.15, 0.2) is 36.4 Å². The number of nitrogens with zero attached hydrogens (tertiary/aromatic N) is 2. The number of rotatable bonds is 8. The Morgan fingerprint density at radius 1 is 1.23 bits per heavy atom. The molecule has 1 saturated carbocycles. The average molecular weight is 478 g/mol. The van der Waals surface area contributed by atoms with E-state index in [0.717, 1.165) is 52.4 Å². The van der Waals surface area contributed by atoms with Crippen LogP contribution in [0.4, 0.5) is 11.6 Å². The van der Waals surface area contributed by atoms with E-state index in [1.807, 2.05) is 38.1 Å². The lowest BCUT2D eigenvalue weighted by Gasteiger charge is -2.40. The van der Waals surface area contributed by atoms with Crippen LogP contribution in [-0.4, -0.2) is 26.7 Å². The van der Waals surface area contributed by atoms with Crippen LogP contribution in [0.1, 0.15) is 77.5 Å². The van der Waals surface area contributed by atoms with Gasteiger partial charge >= 0.3 is 5.97 Å². The standard InChI is InChI=1S/C29H39N3O3/c1-18(2)35-24-10-8-22(9-11-24)30-28-31-25-15-21(7-12-27(33)34)20(4)14-26(25)32(28)23-13-19(3)16-29(5,6)17-23/h8-11,14-15,18-19,23H,7,12-13,16-17H2,1-6H3,(H,30,31)(H,33,34). The fourth-order valence-corrected chi connectivity index (χ4v) is 5.77. The van der Waals surface area contributed by atoms with E-state index in [4.69, 9.17) is 14.8 Å². The van der Waals surface area contributed by atoms with Crippen molar-refractivity contribution in [2.24, 2.45) is 11.3 Å². The third-order valence-electron chi connectivity index (χ3n) is 6.97. The molecule has 1 fully saturated rings. The lowest BCUT2D eigenvalue weighted by Crippen LogP contribution is -2.29. The molecule has 1 aromatic heterocycles. The first-order valence-corrected chi connectivity index (χ1v) is 12.8. The smallest absolute Gasteiger partial charge is 0.303 e. The molecule has 3 aromatic rings. The Balaban J connectivity index is 1.75. The molecule has 1 aliphatic carbocycles. The molecule has 4 rings (SSSR count). The summed E-state index contributed by atoms with van der Waals surface area (Å²) >= 11 is 0. The summed E-state index contributed by atoms with van der Waals surface area (Å²) < 4.78 is 8.18. The van der Waals surface area contributed by atoms with Gasteiger partial charge in [-0.1, -0.05) is 20.8 Å². The monoisotopic (exact) mass is 477 g/mol. The number of imidazole rings is 1. The van der Waals surface area contributed by atoms with Crippen molar-refractivity contribution >= 4 is 28.6 Å². The predicted octanol–water partition coefficient (Wildman–Crippen LogP) is 7.28. The minimum Gasteiger partial charge on any atom is -0.491 e. The van der Waals surface area contributed by atoms with E-state index in [2.05, 4.69) is 49.7 Å². The van der Waals surface area contributed by atoms with Crippen LogP contribution in [0, 0.1) is 18.3 Å².